The van der Waals surface area contributed by atoms with E-state index in [-0.39, 0.29) is 10.4 Å². The summed E-state index contributed by atoms with van der Waals surface area (Å²) >= 11 is 11.4. The van der Waals surface area contributed by atoms with Crippen molar-refractivity contribution in [2.75, 3.05) is 5.32 Å². The van der Waals surface area contributed by atoms with Crippen LogP contribution in [0.5, 0.6) is 0 Å². The summed E-state index contributed by atoms with van der Waals surface area (Å²) < 4.78 is 0. The SMILES string of the molecule is CCC(CC)Nc1nc(Cl)nnc1Cl. The number of rotatable bonds is 4. The highest BCUT2D eigenvalue weighted by molar-refractivity contribution is 6.32. The first-order valence-corrected chi connectivity index (χ1v) is 5.25. The number of nitrogens with zero attached hydrogens (tertiary/aromatic N) is 3. The van der Waals surface area contributed by atoms with E-state index in [1.54, 1.807) is 0 Å². The third-order valence-electron chi connectivity index (χ3n) is 1.95. The van der Waals surface area contributed by atoms with Crippen LogP contribution in [0.1, 0.15) is 26.7 Å². The van der Waals surface area contributed by atoms with Gasteiger partial charge in [0.1, 0.15) is 0 Å². The van der Waals surface area contributed by atoms with E-state index < -0.39 is 0 Å². The fourth-order valence-corrected chi connectivity index (χ4v) is 1.33. The van der Waals surface area contributed by atoms with Gasteiger partial charge in [0.2, 0.25) is 5.28 Å². The van der Waals surface area contributed by atoms with Crippen molar-refractivity contribution in [2.45, 2.75) is 32.7 Å². The number of nitrogens with one attached hydrogen (secondary N) is 1. The van der Waals surface area contributed by atoms with Crippen LogP contribution in [0.3, 0.4) is 0 Å². The molecule has 1 heterocycles. The molecule has 0 aromatic carbocycles. The van der Waals surface area contributed by atoms with E-state index in [9.17, 15) is 0 Å². The van der Waals surface area contributed by atoms with Gasteiger partial charge >= 0.3 is 0 Å². The maximum atomic E-state index is 5.80. The van der Waals surface area contributed by atoms with E-state index in [0.29, 0.717) is 11.9 Å². The van der Waals surface area contributed by atoms with Crippen LogP contribution in [-0.4, -0.2) is 21.2 Å². The zero-order chi connectivity index (χ0) is 10.6. The molecule has 0 atom stereocenters. The van der Waals surface area contributed by atoms with Gasteiger partial charge in [0.15, 0.2) is 11.0 Å². The van der Waals surface area contributed by atoms with Crippen molar-refractivity contribution >= 4 is 29.0 Å². The average molecular weight is 235 g/mol. The van der Waals surface area contributed by atoms with Gasteiger partial charge in [0.25, 0.3) is 0 Å². The minimum absolute atomic E-state index is 0.0999. The number of hydrogen-bond donors (Lipinski definition) is 1. The third kappa shape index (κ3) is 2.96. The molecular formula is C8H12Cl2N4. The van der Waals surface area contributed by atoms with Crippen LogP contribution in [0.4, 0.5) is 5.82 Å². The summed E-state index contributed by atoms with van der Waals surface area (Å²) in [6, 6.07) is 0.334. The van der Waals surface area contributed by atoms with Crippen molar-refractivity contribution in [3.05, 3.63) is 10.4 Å². The summed E-state index contributed by atoms with van der Waals surface area (Å²) in [5.41, 5.74) is 0. The minimum Gasteiger partial charge on any atom is -0.365 e. The molecule has 0 amide bonds. The van der Waals surface area contributed by atoms with Crippen LogP contribution in [0.2, 0.25) is 10.4 Å². The zero-order valence-electron chi connectivity index (χ0n) is 8.09. The lowest BCUT2D eigenvalue weighted by atomic mass is 10.2. The molecular weight excluding hydrogens is 223 g/mol. The molecule has 1 aromatic rings. The fourth-order valence-electron chi connectivity index (χ4n) is 1.07. The second kappa shape index (κ2) is 5.32. The minimum atomic E-state index is 0.0999. The lowest BCUT2D eigenvalue weighted by Crippen LogP contribution is -2.18. The molecule has 1 aromatic heterocycles. The molecule has 0 aliphatic heterocycles. The van der Waals surface area contributed by atoms with E-state index in [1.165, 1.54) is 0 Å². The molecule has 1 rings (SSSR count). The molecule has 0 fully saturated rings. The molecule has 0 aliphatic carbocycles. The summed E-state index contributed by atoms with van der Waals surface area (Å²) in [7, 11) is 0. The van der Waals surface area contributed by atoms with Crippen LogP contribution in [0.25, 0.3) is 0 Å². The molecule has 0 aliphatic rings. The highest BCUT2D eigenvalue weighted by Gasteiger charge is 2.09. The largest absolute Gasteiger partial charge is 0.365 e. The number of aromatic nitrogens is 3. The van der Waals surface area contributed by atoms with Crippen LogP contribution in [0, 0.1) is 0 Å². The fraction of sp³-hybridized carbons (Fsp3) is 0.625. The Kier molecular flexibility index (Phi) is 4.35. The number of anilines is 1. The highest BCUT2D eigenvalue weighted by Crippen LogP contribution is 2.18. The quantitative estimate of drug-likeness (QED) is 0.871. The van der Waals surface area contributed by atoms with Crippen molar-refractivity contribution in [1.29, 1.82) is 0 Å². The molecule has 0 unspecified atom stereocenters. The Bertz CT molecular complexity index is 301. The predicted molar refractivity (Wildman–Crippen MR) is 57.8 cm³/mol. The Hall–Kier alpha value is -0.610. The van der Waals surface area contributed by atoms with Crippen molar-refractivity contribution < 1.29 is 0 Å². The maximum Gasteiger partial charge on any atom is 0.245 e. The molecule has 1 N–H and O–H groups in total. The van der Waals surface area contributed by atoms with Gasteiger partial charge in [0.05, 0.1) is 0 Å². The van der Waals surface area contributed by atoms with E-state index in [1.807, 2.05) is 0 Å². The van der Waals surface area contributed by atoms with Gasteiger partial charge in [-0.2, -0.15) is 4.98 Å². The normalized spacial score (nSPS) is 10.6. The van der Waals surface area contributed by atoms with Crippen molar-refractivity contribution in [3.63, 3.8) is 0 Å². The second-order valence-electron chi connectivity index (χ2n) is 2.88. The van der Waals surface area contributed by atoms with Gasteiger partial charge in [-0.15, -0.1) is 10.2 Å². The number of hydrogen-bond acceptors (Lipinski definition) is 4. The Labute approximate surface area is 93.0 Å². The van der Waals surface area contributed by atoms with Gasteiger partial charge in [-0.25, -0.2) is 0 Å². The van der Waals surface area contributed by atoms with Crippen LogP contribution in [-0.2, 0) is 0 Å². The lowest BCUT2D eigenvalue weighted by molar-refractivity contribution is 0.667. The van der Waals surface area contributed by atoms with Crippen molar-refractivity contribution in [2.24, 2.45) is 0 Å². The molecule has 14 heavy (non-hydrogen) atoms. The molecule has 0 saturated heterocycles. The lowest BCUT2D eigenvalue weighted by Gasteiger charge is -2.15. The Balaban J connectivity index is 2.79. The number of halogens is 2. The van der Waals surface area contributed by atoms with Crippen LogP contribution in [0.15, 0.2) is 0 Å². The highest BCUT2D eigenvalue weighted by atomic mass is 35.5. The average Bonchev–Trinajstić information content (AvgIpc) is 2.19. The molecule has 0 radical (unpaired) electrons. The van der Waals surface area contributed by atoms with Gasteiger partial charge in [0, 0.05) is 6.04 Å². The molecule has 4 nitrogen and oxygen atoms in total. The molecule has 0 spiro atoms. The van der Waals surface area contributed by atoms with Gasteiger partial charge < -0.3 is 5.32 Å². The standard InChI is InChI=1S/C8H12Cl2N4/c1-3-5(4-2)11-7-6(9)13-14-8(10)12-7/h5H,3-4H2,1-2H3,(H,11,12,14). The maximum absolute atomic E-state index is 5.80. The zero-order valence-corrected chi connectivity index (χ0v) is 9.60. The Morgan fingerprint density at radius 1 is 1.21 bits per heavy atom. The summed E-state index contributed by atoms with van der Waals surface area (Å²) in [6.07, 6.45) is 1.99. The van der Waals surface area contributed by atoms with Gasteiger partial charge in [-0.3, -0.25) is 0 Å². The first-order chi connectivity index (χ1) is 6.67. The molecule has 6 heteroatoms. The molecule has 0 bridgehead atoms. The summed E-state index contributed by atoms with van der Waals surface area (Å²) in [5, 5.41) is 10.7. The second-order valence-corrected chi connectivity index (χ2v) is 3.57. The van der Waals surface area contributed by atoms with E-state index in [2.05, 4.69) is 34.3 Å². The predicted octanol–water partition coefficient (Wildman–Crippen LogP) is 2.78. The first kappa shape index (κ1) is 11.5. The smallest absolute Gasteiger partial charge is 0.245 e. The molecule has 78 valence electrons. The Morgan fingerprint density at radius 3 is 2.43 bits per heavy atom. The van der Waals surface area contributed by atoms with Crippen LogP contribution >= 0.6 is 23.2 Å². The van der Waals surface area contributed by atoms with Gasteiger partial charge in [-0.1, -0.05) is 25.4 Å². The monoisotopic (exact) mass is 234 g/mol. The van der Waals surface area contributed by atoms with Crippen LogP contribution < -0.4 is 5.32 Å². The first-order valence-electron chi connectivity index (χ1n) is 4.49. The summed E-state index contributed by atoms with van der Waals surface area (Å²) in [5.74, 6) is 0.500. The van der Waals surface area contributed by atoms with Crippen molar-refractivity contribution in [3.8, 4) is 0 Å². The van der Waals surface area contributed by atoms with Gasteiger partial charge in [-0.05, 0) is 24.4 Å². The third-order valence-corrected chi connectivity index (χ3v) is 2.36. The topological polar surface area (TPSA) is 50.7 Å². The van der Waals surface area contributed by atoms with E-state index in [0.717, 1.165) is 12.8 Å². The summed E-state index contributed by atoms with van der Waals surface area (Å²) in [6.45, 7) is 4.18. The molecule has 0 saturated carbocycles. The van der Waals surface area contributed by atoms with E-state index in [4.69, 9.17) is 23.2 Å². The summed E-state index contributed by atoms with van der Waals surface area (Å²) in [4.78, 5) is 3.96. The Morgan fingerprint density at radius 2 is 1.86 bits per heavy atom. The van der Waals surface area contributed by atoms with Crippen molar-refractivity contribution in [1.82, 2.24) is 15.2 Å². The van der Waals surface area contributed by atoms with E-state index >= 15 is 0 Å².